The van der Waals surface area contributed by atoms with Crippen molar-refractivity contribution in [2.45, 2.75) is 11.8 Å². The Bertz CT molecular complexity index is 358. The normalized spacial score (nSPS) is 10.7. The molecule has 0 aliphatic rings. The number of hydrogen-bond acceptors (Lipinski definition) is 4. The fraction of sp³-hybridized carbons (Fsp3) is 0.167. The molecule has 0 fully saturated rings. The van der Waals surface area contributed by atoms with Crippen molar-refractivity contribution in [3.8, 4) is 0 Å². The summed E-state index contributed by atoms with van der Waals surface area (Å²) in [5.74, 6) is 0.815. The van der Waals surface area contributed by atoms with Crippen LogP contribution in [-0.2, 0) is 0 Å². The second kappa shape index (κ2) is 2.20. The van der Waals surface area contributed by atoms with Gasteiger partial charge in [-0.3, -0.25) is 0 Å². The fourth-order valence-electron chi connectivity index (χ4n) is 0.920. The molecule has 2 aromatic rings. The van der Waals surface area contributed by atoms with Crippen molar-refractivity contribution in [3.63, 3.8) is 0 Å². The Morgan fingerprint density at radius 3 is 3.00 bits per heavy atom. The van der Waals surface area contributed by atoms with Gasteiger partial charge in [0.15, 0.2) is 5.65 Å². The number of hydrogen-bond donors (Lipinski definition) is 1. The molecular weight excluding hydrogens is 160 g/mol. The van der Waals surface area contributed by atoms with Crippen molar-refractivity contribution in [2.75, 3.05) is 0 Å². The van der Waals surface area contributed by atoms with Gasteiger partial charge in [-0.15, -0.1) is 12.6 Å². The lowest BCUT2D eigenvalue weighted by Crippen LogP contribution is -1.96. The molecule has 0 spiro atoms. The number of aromatic nitrogens is 4. The maximum atomic E-state index is 4.18. The average molecular weight is 166 g/mol. The summed E-state index contributed by atoms with van der Waals surface area (Å²) in [6.07, 6.45) is 3.16. The van der Waals surface area contributed by atoms with Gasteiger partial charge in [0, 0.05) is 6.20 Å². The first kappa shape index (κ1) is 6.60. The molecule has 0 bridgehead atoms. The lowest BCUT2D eigenvalue weighted by atomic mass is 10.6. The molecule has 0 N–H and O–H groups in total. The molecule has 0 saturated carbocycles. The molecule has 0 radical (unpaired) electrons. The van der Waals surface area contributed by atoms with Crippen molar-refractivity contribution in [1.29, 1.82) is 0 Å². The Morgan fingerprint density at radius 2 is 2.27 bits per heavy atom. The third-order valence-electron chi connectivity index (χ3n) is 1.46. The van der Waals surface area contributed by atoms with Crippen molar-refractivity contribution >= 4 is 18.3 Å². The lowest BCUT2D eigenvalue weighted by Gasteiger charge is -1.96. The number of thiol groups is 1. The van der Waals surface area contributed by atoms with E-state index < -0.39 is 0 Å². The SMILES string of the molecule is Cc1ncc(S)c2ncnn12. The third-order valence-corrected chi connectivity index (χ3v) is 1.77. The van der Waals surface area contributed by atoms with E-state index in [4.69, 9.17) is 0 Å². The van der Waals surface area contributed by atoms with E-state index >= 15 is 0 Å². The minimum Gasteiger partial charge on any atom is -0.240 e. The molecule has 2 heterocycles. The predicted molar refractivity (Wildman–Crippen MR) is 42.8 cm³/mol. The van der Waals surface area contributed by atoms with Gasteiger partial charge in [0.25, 0.3) is 0 Å². The van der Waals surface area contributed by atoms with Gasteiger partial charge in [0.05, 0.1) is 4.90 Å². The number of fused-ring (bicyclic) bond motifs is 1. The number of rotatable bonds is 0. The van der Waals surface area contributed by atoms with Crippen molar-refractivity contribution in [3.05, 3.63) is 18.3 Å². The van der Waals surface area contributed by atoms with Crippen LogP contribution in [0.4, 0.5) is 0 Å². The Kier molecular flexibility index (Phi) is 1.32. The van der Waals surface area contributed by atoms with Crippen LogP contribution < -0.4 is 0 Å². The molecule has 11 heavy (non-hydrogen) atoms. The minimum absolute atomic E-state index is 0.744. The van der Waals surface area contributed by atoms with Gasteiger partial charge in [0.2, 0.25) is 0 Å². The molecule has 2 rings (SSSR count). The second-order valence-corrected chi connectivity index (χ2v) is 2.67. The molecule has 0 saturated heterocycles. The zero-order valence-corrected chi connectivity index (χ0v) is 6.79. The summed E-state index contributed by atoms with van der Waals surface area (Å²) < 4.78 is 1.66. The van der Waals surface area contributed by atoms with Crippen molar-refractivity contribution < 1.29 is 0 Å². The zero-order chi connectivity index (χ0) is 7.84. The Morgan fingerprint density at radius 1 is 1.45 bits per heavy atom. The highest BCUT2D eigenvalue weighted by Gasteiger charge is 2.01. The smallest absolute Gasteiger partial charge is 0.172 e. The summed E-state index contributed by atoms with van der Waals surface area (Å²) in [7, 11) is 0. The van der Waals surface area contributed by atoms with E-state index in [0.29, 0.717) is 0 Å². The molecular formula is C6H6N4S. The van der Waals surface area contributed by atoms with Crippen LogP contribution in [-0.4, -0.2) is 19.6 Å². The molecule has 0 unspecified atom stereocenters. The van der Waals surface area contributed by atoms with E-state index in [9.17, 15) is 0 Å². The monoisotopic (exact) mass is 166 g/mol. The fourth-order valence-corrected chi connectivity index (χ4v) is 1.13. The summed E-state index contributed by atoms with van der Waals surface area (Å²) in [5, 5.41) is 3.97. The van der Waals surface area contributed by atoms with Gasteiger partial charge < -0.3 is 0 Å². The van der Waals surface area contributed by atoms with Gasteiger partial charge in [-0.2, -0.15) is 9.61 Å². The molecule has 5 heteroatoms. The van der Waals surface area contributed by atoms with E-state index in [1.54, 1.807) is 10.7 Å². The van der Waals surface area contributed by atoms with Crippen LogP contribution in [0.2, 0.25) is 0 Å². The highest BCUT2D eigenvalue weighted by molar-refractivity contribution is 7.80. The van der Waals surface area contributed by atoms with E-state index in [-0.39, 0.29) is 0 Å². The standard InChI is InChI=1S/C6H6N4S/c1-4-7-2-5(11)6-8-3-9-10(4)6/h2-3,11H,1H3. The summed E-state index contributed by atoms with van der Waals surface area (Å²) in [5.41, 5.74) is 0.751. The highest BCUT2D eigenvalue weighted by atomic mass is 32.1. The first-order chi connectivity index (χ1) is 5.29. The zero-order valence-electron chi connectivity index (χ0n) is 5.89. The second-order valence-electron chi connectivity index (χ2n) is 2.19. The van der Waals surface area contributed by atoms with Gasteiger partial charge in [-0.1, -0.05) is 0 Å². The average Bonchev–Trinajstić information content (AvgIpc) is 2.45. The Balaban J connectivity index is 2.96. The topological polar surface area (TPSA) is 43.1 Å². The van der Waals surface area contributed by atoms with Gasteiger partial charge in [-0.05, 0) is 6.92 Å². The quantitative estimate of drug-likeness (QED) is 0.586. The van der Waals surface area contributed by atoms with E-state index in [1.807, 2.05) is 6.92 Å². The van der Waals surface area contributed by atoms with E-state index in [0.717, 1.165) is 16.4 Å². The number of nitrogens with zero attached hydrogens (tertiary/aromatic N) is 4. The lowest BCUT2D eigenvalue weighted by molar-refractivity contribution is 0.849. The molecule has 56 valence electrons. The van der Waals surface area contributed by atoms with E-state index in [2.05, 4.69) is 27.7 Å². The maximum Gasteiger partial charge on any atom is 0.172 e. The molecule has 0 aromatic carbocycles. The van der Waals surface area contributed by atoms with Gasteiger partial charge in [-0.25, -0.2) is 9.97 Å². The van der Waals surface area contributed by atoms with Crippen molar-refractivity contribution in [2.24, 2.45) is 0 Å². The largest absolute Gasteiger partial charge is 0.240 e. The highest BCUT2D eigenvalue weighted by Crippen LogP contribution is 2.10. The van der Waals surface area contributed by atoms with Gasteiger partial charge in [0.1, 0.15) is 12.2 Å². The van der Waals surface area contributed by atoms with Crippen molar-refractivity contribution in [1.82, 2.24) is 19.6 Å². The summed E-state index contributed by atoms with van der Waals surface area (Å²) in [6.45, 7) is 1.87. The molecule has 0 aliphatic carbocycles. The minimum atomic E-state index is 0.744. The van der Waals surface area contributed by atoms with Crippen LogP contribution in [0.1, 0.15) is 5.82 Å². The first-order valence-electron chi connectivity index (χ1n) is 3.13. The maximum absolute atomic E-state index is 4.18. The molecule has 0 atom stereocenters. The van der Waals surface area contributed by atoms with Gasteiger partial charge >= 0.3 is 0 Å². The Hall–Kier alpha value is -1.10. The van der Waals surface area contributed by atoms with Crippen LogP contribution >= 0.6 is 12.6 Å². The summed E-state index contributed by atoms with van der Waals surface area (Å²) in [6, 6.07) is 0. The van der Waals surface area contributed by atoms with Crippen LogP contribution in [0.5, 0.6) is 0 Å². The van der Waals surface area contributed by atoms with Crippen LogP contribution in [0, 0.1) is 6.92 Å². The van der Waals surface area contributed by atoms with Crippen LogP contribution in [0.3, 0.4) is 0 Å². The summed E-state index contributed by atoms with van der Waals surface area (Å²) >= 11 is 4.18. The molecule has 0 amide bonds. The number of aryl methyl sites for hydroxylation is 1. The molecule has 2 aromatic heterocycles. The van der Waals surface area contributed by atoms with Crippen LogP contribution in [0.25, 0.3) is 5.65 Å². The first-order valence-corrected chi connectivity index (χ1v) is 3.58. The molecule has 4 nitrogen and oxygen atoms in total. The predicted octanol–water partition coefficient (Wildman–Crippen LogP) is 0.721. The Labute approximate surface area is 68.7 Å². The van der Waals surface area contributed by atoms with Crippen LogP contribution in [0.15, 0.2) is 17.4 Å². The molecule has 0 aliphatic heterocycles. The van der Waals surface area contributed by atoms with E-state index in [1.165, 1.54) is 6.33 Å². The summed E-state index contributed by atoms with van der Waals surface area (Å²) in [4.78, 5) is 8.82. The third kappa shape index (κ3) is 0.883.